The Hall–Kier alpha value is -1.60. The summed E-state index contributed by atoms with van der Waals surface area (Å²) in [7, 11) is 0. The summed E-state index contributed by atoms with van der Waals surface area (Å²) in [4.78, 5) is 17.2. The van der Waals surface area contributed by atoms with Crippen LogP contribution in [0.2, 0.25) is 0 Å². The van der Waals surface area contributed by atoms with Gasteiger partial charge in [0.2, 0.25) is 0 Å². The van der Waals surface area contributed by atoms with Crippen molar-refractivity contribution in [2.75, 3.05) is 19.7 Å². The van der Waals surface area contributed by atoms with Crippen LogP contribution in [0.4, 0.5) is 0 Å². The largest absolute Gasteiger partial charge is 0.481 e. The van der Waals surface area contributed by atoms with E-state index in [1.165, 1.54) is 0 Å². The van der Waals surface area contributed by atoms with Crippen molar-refractivity contribution in [1.82, 2.24) is 10.2 Å². The highest BCUT2D eigenvalue weighted by molar-refractivity contribution is 5.75. The van der Waals surface area contributed by atoms with Crippen LogP contribution < -0.4 is 4.74 Å². The Morgan fingerprint density at radius 3 is 2.56 bits per heavy atom. The maximum atomic E-state index is 11.3. The molecule has 1 atom stereocenters. The monoisotopic (exact) mass is 354 g/mol. The summed E-state index contributed by atoms with van der Waals surface area (Å²) in [5.74, 6) is -0.571. The van der Waals surface area contributed by atoms with Gasteiger partial charge in [-0.05, 0) is 50.6 Å². The molecule has 1 saturated heterocycles. The molecule has 2 heterocycles. The predicted molar refractivity (Wildman–Crippen MR) is 92.3 cm³/mol. The molecule has 1 aliphatic rings. The number of aliphatic carboxylic acids is 1. The molecule has 0 spiro atoms. The summed E-state index contributed by atoms with van der Waals surface area (Å²) >= 11 is 0. The highest BCUT2D eigenvalue weighted by atomic mass is 16.7. The Balaban J connectivity index is 1.80. The topological polar surface area (TPSA) is 85.0 Å². The van der Waals surface area contributed by atoms with Crippen molar-refractivity contribution in [1.29, 1.82) is 0 Å². The Morgan fingerprint density at radius 2 is 2.04 bits per heavy atom. The molecule has 1 aromatic rings. The van der Waals surface area contributed by atoms with E-state index in [2.05, 4.69) is 5.16 Å². The van der Waals surface area contributed by atoms with Crippen molar-refractivity contribution in [3.8, 4) is 5.88 Å². The number of carboxylic acids is 1. The lowest BCUT2D eigenvalue weighted by Gasteiger charge is -2.35. The molecule has 7 heteroatoms. The number of aromatic nitrogens is 1. The zero-order valence-electron chi connectivity index (χ0n) is 15.8. The Bertz CT molecular complexity index is 556. The molecular weight excluding hydrogens is 324 g/mol. The molecule has 25 heavy (non-hydrogen) atoms. The molecule has 0 saturated carbocycles. The molecule has 0 radical (unpaired) electrons. The number of hydroxylamine groups is 2. The van der Waals surface area contributed by atoms with Crippen molar-refractivity contribution in [3.05, 3.63) is 11.8 Å². The maximum absolute atomic E-state index is 11.3. The lowest BCUT2D eigenvalue weighted by molar-refractivity contribution is -0.239. The van der Waals surface area contributed by atoms with Gasteiger partial charge in [-0.1, -0.05) is 13.8 Å². The molecule has 2 rings (SSSR count). The van der Waals surface area contributed by atoms with Crippen molar-refractivity contribution in [2.45, 2.75) is 59.0 Å². The van der Waals surface area contributed by atoms with E-state index in [1.807, 2.05) is 39.7 Å². The van der Waals surface area contributed by atoms with Gasteiger partial charge in [-0.3, -0.25) is 9.63 Å². The fourth-order valence-electron chi connectivity index (χ4n) is 2.98. The van der Waals surface area contributed by atoms with E-state index in [1.54, 1.807) is 6.07 Å². The highest BCUT2D eigenvalue weighted by Gasteiger charge is 2.29. The van der Waals surface area contributed by atoms with E-state index >= 15 is 0 Å². The number of piperidine rings is 1. The van der Waals surface area contributed by atoms with Crippen molar-refractivity contribution in [2.24, 2.45) is 11.8 Å². The minimum Gasteiger partial charge on any atom is -0.481 e. The molecule has 0 aliphatic carbocycles. The van der Waals surface area contributed by atoms with Gasteiger partial charge in [0.1, 0.15) is 5.92 Å². The molecule has 142 valence electrons. The fraction of sp³-hybridized carbons (Fsp3) is 0.778. The summed E-state index contributed by atoms with van der Waals surface area (Å²) < 4.78 is 10.9. The number of carbonyl (C=O) groups is 1. The average molecular weight is 354 g/mol. The first-order valence-electron chi connectivity index (χ1n) is 8.92. The molecule has 1 unspecified atom stereocenters. The number of rotatable bonds is 7. The van der Waals surface area contributed by atoms with Crippen molar-refractivity contribution < 1.29 is 24.0 Å². The van der Waals surface area contributed by atoms with E-state index in [-0.39, 0.29) is 11.5 Å². The summed E-state index contributed by atoms with van der Waals surface area (Å²) in [5.41, 5.74) is -0.169. The van der Waals surface area contributed by atoms with Crippen LogP contribution in [0.1, 0.15) is 59.1 Å². The number of hydrogen-bond donors (Lipinski definition) is 1. The first-order chi connectivity index (χ1) is 11.7. The van der Waals surface area contributed by atoms with Gasteiger partial charge in [0, 0.05) is 19.2 Å². The van der Waals surface area contributed by atoms with Gasteiger partial charge in [-0.25, -0.2) is 0 Å². The highest BCUT2D eigenvalue weighted by Crippen LogP contribution is 2.28. The van der Waals surface area contributed by atoms with Crippen LogP contribution in [0, 0.1) is 11.8 Å². The van der Waals surface area contributed by atoms with E-state index in [9.17, 15) is 9.90 Å². The van der Waals surface area contributed by atoms with Crippen LogP contribution in [-0.2, 0) is 9.63 Å². The third-order valence-corrected chi connectivity index (χ3v) is 4.19. The number of ether oxygens (including phenoxy) is 1. The Labute approximate surface area is 149 Å². The minimum atomic E-state index is -0.913. The third kappa shape index (κ3) is 6.01. The SMILES string of the molecule is CC(C)C(C(=O)O)c1cc(OCC2CCN(OC(C)(C)C)CC2)no1. The number of hydrogen-bond acceptors (Lipinski definition) is 6. The summed E-state index contributed by atoms with van der Waals surface area (Å²) in [6.07, 6.45) is 1.98. The minimum absolute atomic E-state index is 0.0783. The zero-order valence-corrected chi connectivity index (χ0v) is 15.8. The standard InChI is InChI=1S/C18H30N2O5/c1-12(2)16(17(21)22)14-10-15(19-24-14)23-11-13-6-8-20(9-7-13)25-18(3,4)5/h10,12-13,16H,6-9,11H2,1-5H3,(H,21,22). The average Bonchev–Trinajstić information content (AvgIpc) is 2.92. The van der Waals surface area contributed by atoms with Crippen LogP contribution in [0.3, 0.4) is 0 Å². The van der Waals surface area contributed by atoms with Crippen LogP contribution in [0.5, 0.6) is 5.88 Å². The Morgan fingerprint density at radius 1 is 1.40 bits per heavy atom. The second-order valence-electron chi connectivity index (χ2n) is 8.01. The summed E-state index contributed by atoms with van der Waals surface area (Å²) in [6, 6.07) is 1.59. The van der Waals surface area contributed by atoms with Gasteiger partial charge in [-0.15, -0.1) is 0 Å². The van der Waals surface area contributed by atoms with Crippen molar-refractivity contribution in [3.63, 3.8) is 0 Å². The smallest absolute Gasteiger partial charge is 0.314 e. The lowest BCUT2D eigenvalue weighted by Crippen LogP contribution is -2.40. The van der Waals surface area contributed by atoms with E-state index < -0.39 is 11.9 Å². The van der Waals surface area contributed by atoms with Gasteiger partial charge < -0.3 is 14.4 Å². The number of carboxylic acid groups (broad SMARTS) is 1. The lowest BCUT2D eigenvalue weighted by atomic mass is 9.93. The van der Waals surface area contributed by atoms with Gasteiger partial charge in [0.05, 0.1) is 12.2 Å². The molecule has 0 bridgehead atoms. The summed E-state index contributed by atoms with van der Waals surface area (Å²) in [6.45, 7) is 12.1. The molecule has 1 aliphatic heterocycles. The van der Waals surface area contributed by atoms with Gasteiger partial charge in [0.25, 0.3) is 5.88 Å². The maximum Gasteiger partial charge on any atom is 0.314 e. The zero-order chi connectivity index (χ0) is 18.6. The van der Waals surface area contributed by atoms with E-state index in [4.69, 9.17) is 14.1 Å². The van der Waals surface area contributed by atoms with Crippen LogP contribution in [0.15, 0.2) is 10.6 Å². The summed E-state index contributed by atoms with van der Waals surface area (Å²) in [5, 5.41) is 15.2. The van der Waals surface area contributed by atoms with Crippen molar-refractivity contribution >= 4 is 5.97 Å². The molecule has 0 amide bonds. The van der Waals surface area contributed by atoms with E-state index in [0.717, 1.165) is 25.9 Å². The molecular formula is C18H30N2O5. The quantitative estimate of drug-likeness (QED) is 0.804. The molecule has 0 aromatic carbocycles. The first kappa shape index (κ1) is 19.7. The molecule has 1 N–H and O–H groups in total. The predicted octanol–water partition coefficient (Wildman–Crippen LogP) is 3.32. The van der Waals surface area contributed by atoms with Gasteiger partial charge in [0.15, 0.2) is 5.76 Å². The second kappa shape index (κ2) is 8.19. The number of nitrogens with zero attached hydrogens (tertiary/aromatic N) is 2. The third-order valence-electron chi connectivity index (χ3n) is 4.19. The van der Waals surface area contributed by atoms with Gasteiger partial charge in [-0.2, -0.15) is 5.06 Å². The van der Waals surface area contributed by atoms with E-state index in [0.29, 0.717) is 24.2 Å². The second-order valence-corrected chi connectivity index (χ2v) is 8.01. The van der Waals surface area contributed by atoms with Crippen LogP contribution in [0.25, 0.3) is 0 Å². The molecule has 1 aromatic heterocycles. The van der Waals surface area contributed by atoms with Crippen LogP contribution in [-0.4, -0.2) is 46.6 Å². The Kier molecular flexibility index (Phi) is 6.46. The van der Waals surface area contributed by atoms with Gasteiger partial charge >= 0.3 is 5.97 Å². The first-order valence-corrected chi connectivity index (χ1v) is 8.92. The normalized spacial score (nSPS) is 18.5. The van der Waals surface area contributed by atoms with Crippen LogP contribution >= 0.6 is 0 Å². The molecule has 7 nitrogen and oxygen atoms in total. The fourth-order valence-corrected chi connectivity index (χ4v) is 2.98. The molecule has 1 fully saturated rings.